The largest absolute Gasteiger partial charge is 0.377 e. The van der Waals surface area contributed by atoms with E-state index in [0.717, 1.165) is 19.7 Å². The molecule has 2 N–H and O–H groups in total. The topological polar surface area (TPSA) is 38.5 Å². The summed E-state index contributed by atoms with van der Waals surface area (Å²) in [7, 11) is 2.12. The summed E-state index contributed by atoms with van der Waals surface area (Å²) in [6.45, 7) is 4.89. The molecular formula is C15H24N2O. The van der Waals surface area contributed by atoms with Crippen LogP contribution in [0.25, 0.3) is 0 Å². The Morgan fingerprint density at radius 3 is 3.00 bits per heavy atom. The van der Waals surface area contributed by atoms with Crippen LogP contribution in [0.1, 0.15) is 30.0 Å². The van der Waals surface area contributed by atoms with Crippen molar-refractivity contribution in [2.75, 3.05) is 26.7 Å². The molecule has 1 fully saturated rings. The lowest BCUT2D eigenvalue weighted by molar-refractivity contribution is 0.0796. The molecule has 0 aliphatic carbocycles. The minimum absolute atomic E-state index is 0.0799. The maximum absolute atomic E-state index is 6.26. The lowest BCUT2D eigenvalue weighted by Gasteiger charge is -2.24. The second-order valence-corrected chi connectivity index (χ2v) is 5.38. The molecule has 1 aliphatic rings. The zero-order valence-electron chi connectivity index (χ0n) is 11.4. The summed E-state index contributed by atoms with van der Waals surface area (Å²) in [5, 5.41) is 0. The number of nitrogens with two attached hydrogens (primary N) is 1. The fourth-order valence-corrected chi connectivity index (χ4v) is 2.55. The van der Waals surface area contributed by atoms with Crippen molar-refractivity contribution in [1.82, 2.24) is 4.90 Å². The van der Waals surface area contributed by atoms with Gasteiger partial charge in [-0.2, -0.15) is 0 Å². The number of hydrogen-bond acceptors (Lipinski definition) is 3. The predicted octanol–water partition coefficient (Wildman–Crippen LogP) is 2.11. The van der Waals surface area contributed by atoms with Gasteiger partial charge in [0.15, 0.2) is 0 Å². The third-order valence-corrected chi connectivity index (χ3v) is 3.52. The summed E-state index contributed by atoms with van der Waals surface area (Å²) in [5.41, 5.74) is 8.74. The first-order valence-corrected chi connectivity index (χ1v) is 6.77. The number of nitrogens with zero attached hydrogens (tertiary/aromatic N) is 1. The van der Waals surface area contributed by atoms with Gasteiger partial charge in [0.05, 0.1) is 6.10 Å². The van der Waals surface area contributed by atoms with Crippen molar-refractivity contribution < 1.29 is 4.74 Å². The van der Waals surface area contributed by atoms with Crippen molar-refractivity contribution in [2.45, 2.75) is 31.9 Å². The summed E-state index contributed by atoms with van der Waals surface area (Å²) in [6.07, 6.45) is 2.78. The zero-order chi connectivity index (χ0) is 13.0. The first-order chi connectivity index (χ1) is 8.65. The highest BCUT2D eigenvalue weighted by molar-refractivity contribution is 5.25. The van der Waals surface area contributed by atoms with Gasteiger partial charge < -0.3 is 15.4 Å². The molecule has 2 rings (SSSR count). The van der Waals surface area contributed by atoms with E-state index < -0.39 is 0 Å². The number of benzene rings is 1. The van der Waals surface area contributed by atoms with Gasteiger partial charge in [0.1, 0.15) is 0 Å². The third-order valence-electron chi connectivity index (χ3n) is 3.52. The first-order valence-electron chi connectivity index (χ1n) is 6.77. The van der Waals surface area contributed by atoms with E-state index in [2.05, 4.69) is 43.1 Å². The molecule has 3 nitrogen and oxygen atoms in total. The second-order valence-electron chi connectivity index (χ2n) is 5.38. The highest BCUT2D eigenvalue weighted by Gasteiger charge is 2.18. The maximum atomic E-state index is 6.26. The first kappa shape index (κ1) is 13.5. The van der Waals surface area contributed by atoms with Crippen LogP contribution in [-0.2, 0) is 4.74 Å². The van der Waals surface area contributed by atoms with Gasteiger partial charge in [-0.3, -0.25) is 0 Å². The molecule has 1 heterocycles. The second kappa shape index (κ2) is 6.32. The molecule has 1 aromatic carbocycles. The Bertz CT molecular complexity index is 375. The Hall–Kier alpha value is -0.900. The number of aryl methyl sites for hydroxylation is 1. The highest BCUT2D eigenvalue weighted by atomic mass is 16.5. The van der Waals surface area contributed by atoms with Crippen LogP contribution in [0.15, 0.2) is 24.3 Å². The molecule has 0 saturated carbocycles. The molecule has 0 radical (unpaired) electrons. The van der Waals surface area contributed by atoms with Crippen molar-refractivity contribution in [3.8, 4) is 0 Å². The molecule has 3 heteroatoms. The average molecular weight is 248 g/mol. The van der Waals surface area contributed by atoms with Gasteiger partial charge >= 0.3 is 0 Å². The summed E-state index contributed by atoms with van der Waals surface area (Å²) in [5.74, 6) is 0. The van der Waals surface area contributed by atoms with Crippen molar-refractivity contribution in [3.63, 3.8) is 0 Å². The summed E-state index contributed by atoms with van der Waals surface area (Å²) in [4.78, 5) is 2.28. The van der Waals surface area contributed by atoms with Crippen LogP contribution in [0.4, 0.5) is 0 Å². The van der Waals surface area contributed by atoms with Gasteiger partial charge in [-0.15, -0.1) is 0 Å². The van der Waals surface area contributed by atoms with Gasteiger partial charge in [-0.25, -0.2) is 0 Å². The Balaban J connectivity index is 1.84. The fourth-order valence-electron chi connectivity index (χ4n) is 2.55. The summed E-state index contributed by atoms with van der Waals surface area (Å²) >= 11 is 0. The van der Waals surface area contributed by atoms with Crippen molar-refractivity contribution in [3.05, 3.63) is 35.4 Å². The number of rotatable bonds is 5. The van der Waals surface area contributed by atoms with Crippen LogP contribution in [-0.4, -0.2) is 37.7 Å². The van der Waals surface area contributed by atoms with Gasteiger partial charge in [0.25, 0.3) is 0 Å². The van der Waals surface area contributed by atoms with E-state index in [1.807, 2.05) is 0 Å². The van der Waals surface area contributed by atoms with E-state index >= 15 is 0 Å². The highest BCUT2D eigenvalue weighted by Crippen LogP contribution is 2.16. The summed E-state index contributed by atoms with van der Waals surface area (Å²) < 4.78 is 5.65. The monoisotopic (exact) mass is 248 g/mol. The van der Waals surface area contributed by atoms with E-state index in [0.29, 0.717) is 6.10 Å². The standard InChI is InChI=1S/C15H24N2O/c1-12-5-3-6-13(9-12)15(16)11-17(2)10-14-7-4-8-18-14/h3,5-6,9,14-15H,4,7-8,10-11,16H2,1-2H3. The van der Waals surface area contributed by atoms with Gasteiger partial charge in [-0.1, -0.05) is 29.8 Å². The van der Waals surface area contributed by atoms with E-state index in [1.165, 1.54) is 24.0 Å². The molecular weight excluding hydrogens is 224 g/mol. The van der Waals surface area contributed by atoms with Crippen LogP contribution < -0.4 is 5.73 Å². The van der Waals surface area contributed by atoms with Crippen LogP contribution in [0.5, 0.6) is 0 Å². The van der Waals surface area contributed by atoms with Crippen LogP contribution >= 0.6 is 0 Å². The van der Waals surface area contributed by atoms with Gasteiger partial charge in [0.2, 0.25) is 0 Å². The Morgan fingerprint density at radius 2 is 2.33 bits per heavy atom. The average Bonchev–Trinajstić information content (AvgIpc) is 2.81. The molecule has 0 bridgehead atoms. The van der Waals surface area contributed by atoms with Gasteiger partial charge in [-0.05, 0) is 32.4 Å². The summed E-state index contributed by atoms with van der Waals surface area (Å²) in [6, 6.07) is 8.54. The van der Waals surface area contributed by atoms with Crippen LogP contribution in [0.2, 0.25) is 0 Å². The van der Waals surface area contributed by atoms with Crippen molar-refractivity contribution >= 4 is 0 Å². The van der Waals surface area contributed by atoms with Crippen molar-refractivity contribution in [2.24, 2.45) is 5.73 Å². The molecule has 1 aliphatic heterocycles. The molecule has 1 aromatic rings. The molecule has 1 saturated heterocycles. The number of likely N-dealkylation sites (N-methyl/N-ethyl adjacent to an activating group) is 1. The fraction of sp³-hybridized carbons (Fsp3) is 0.600. The number of hydrogen-bond donors (Lipinski definition) is 1. The molecule has 18 heavy (non-hydrogen) atoms. The normalized spacial score (nSPS) is 21.4. The van der Waals surface area contributed by atoms with E-state index in [1.54, 1.807) is 0 Å². The Kier molecular flexibility index (Phi) is 4.75. The Labute approximate surface area is 110 Å². The van der Waals surface area contributed by atoms with Crippen LogP contribution in [0.3, 0.4) is 0 Å². The molecule has 2 unspecified atom stereocenters. The molecule has 0 spiro atoms. The minimum Gasteiger partial charge on any atom is -0.377 e. The smallest absolute Gasteiger partial charge is 0.0702 e. The molecule has 0 aromatic heterocycles. The lowest BCUT2D eigenvalue weighted by Crippen LogP contribution is -2.34. The third kappa shape index (κ3) is 3.80. The van der Waals surface area contributed by atoms with E-state index in [9.17, 15) is 0 Å². The quantitative estimate of drug-likeness (QED) is 0.867. The predicted molar refractivity (Wildman–Crippen MR) is 74.6 cm³/mol. The van der Waals surface area contributed by atoms with Crippen molar-refractivity contribution in [1.29, 1.82) is 0 Å². The molecule has 0 amide bonds. The maximum Gasteiger partial charge on any atom is 0.0702 e. The minimum atomic E-state index is 0.0799. The Morgan fingerprint density at radius 1 is 1.50 bits per heavy atom. The van der Waals surface area contributed by atoms with E-state index in [-0.39, 0.29) is 6.04 Å². The van der Waals surface area contributed by atoms with E-state index in [4.69, 9.17) is 10.5 Å². The molecule has 100 valence electrons. The lowest BCUT2D eigenvalue weighted by atomic mass is 10.0. The SMILES string of the molecule is Cc1cccc(C(N)CN(C)CC2CCCO2)c1. The number of ether oxygens (including phenoxy) is 1. The van der Waals surface area contributed by atoms with Gasteiger partial charge in [0, 0.05) is 25.7 Å². The van der Waals surface area contributed by atoms with Crippen LogP contribution in [0, 0.1) is 6.92 Å². The molecule has 2 atom stereocenters. The zero-order valence-corrected chi connectivity index (χ0v) is 11.4.